The topological polar surface area (TPSA) is 19.0 Å². The second-order valence-corrected chi connectivity index (χ2v) is 3.99. The molecule has 1 aromatic carbocycles. The highest BCUT2D eigenvalue weighted by atomic mass is 15.1. The minimum absolute atomic E-state index is 1.12. The van der Waals surface area contributed by atoms with Gasteiger partial charge in [0.05, 0.1) is 5.69 Å². The van der Waals surface area contributed by atoms with Crippen molar-refractivity contribution in [1.82, 2.24) is 4.98 Å². The number of H-pyrrole nitrogens is 1. The van der Waals surface area contributed by atoms with Gasteiger partial charge in [-0.1, -0.05) is 31.5 Å². The molecule has 0 bridgehead atoms. The molecular formula is C13H18N2. The van der Waals surface area contributed by atoms with Crippen molar-refractivity contribution in [3.05, 3.63) is 30.5 Å². The van der Waals surface area contributed by atoms with E-state index < -0.39 is 0 Å². The third-order valence-electron chi connectivity index (χ3n) is 2.83. The van der Waals surface area contributed by atoms with Crippen molar-refractivity contribution in [3.63, 3.8) is 0 Å². The quantitative estimate of drug-likeness (QED) is 0.805. The van der Waals surface area contributed by atoms with Crippen LogP contribution < -0.4 is 4.90 Å². The number of benzene rings is 1. The minimum Gasteiger partial charge on any atom is -0.373 e. The van der Waals surface area contributed by atoms with Gasteiger partial charge in [0.2, 0.25) is 0 Å². The van der Waals surface area contributed by atoms with E-state index in [-0.39, 0.29) is 0 Å². The standard InChI is InChI=1S/C13H18N2/c1-3-4-9-15(2)13-10-14-12-8-6-5-7-11(12)13/h5-8,10,14H,3-4,9H2,1-2H3. The summed E-state index contributed by atoms with van der Waals surface area (Å²) in [7, 11) is 2.16. The van der Waals surface area contributed by atoms with Gasteiger partial charge < -0.3 is 9.88 Å². The Morgan fingerprint density at radius 1 is 1.27 bits per heavy atom. The summed E-state index contributed by atoms with van der Waals surface area (Å²) < 4.78 is 0. The van der Waals surface area contributed by atoms with E-state index in [0.29, 0.717) is 0 Å². The zero-order valence-corrected chi connectivity index (χ0v) is 9.46. The molecule has 0 unspecified atom stereocenters. The molecule has 0 aliphatic heterocycles. The van der Waals surface area contributed by atoms with Crippen molar-refractivity contribution in [2.24, 2.45) is 0 Å². The van der Waals surface area contributed by atoms with E-state index in [1.54, 1.807) is 0 Å². The molecule has 0 radical (unpaired) electrons. The largest absolute Gasteiger partial charge is 0.373 e. The minimum atomic E-state index is 1.12. The van der Waals surface area contributed by atoms with Crippen LogP contribution in [0.5, 0.6) is 0 Å². The maximum atomic E-state index is 3.30. The van der Waals surface area contributed by atoms with Crippen LogP contribution in [-0.4, -0.2) is 18.6 Å². The number of hydrogen-bond donors (Lipinski definition) is 1. The predicted molar refractivity (Wildman–Crippen MR) is 66.5 cm³/mol. The van der Waals surface area contributed by atoms with E-state index in [4.69, 9.17) is 0 Å². The zero-order chi connectivity index (χ0) is 10.7. The van der Waals surface area contributed by atoms with Gasteiger partial charge in [-0.25, -0.2) is 0 Å². The Labute approximate surface area is 90.9 Å². The maximum Gasteiger partial charge on any atom is 0.0621 e. The van der Waals surface area contributed by atoms with Gasteiger partial charge in [0, 0.05) is 30.7 Å². The predicted octanol–water partition coefficient (Wildman–Crippen LogP) is 3.40. The second kappa shape index (κ2) is 4.39. The number of nitrogens with one attached hydrogen (secondary N) is 1. The summed E-state index contributed by atoms with van der Waals surface area (Å²) in [4.78, 5) is 5.63. The Morgan fingerprint density at radius 2 is 2.07 bits per heavy atom. The first kappa shape index (κ1) is 10.1. The summed E-state index contributed by atoms with van der Waals surface area (Å²) in [6, 6.07) is 8.44. The van der Waals surface area contributed by atoms with E-state index >= 15 is 0 Å². The van der Waals surface area contributed by atoms with Gasteiger partial charge in [-0.2, -0.15) is 0 Å². The number of rotatable bonds is 4. The average Bonchev–Trinajstić information content (AvgIpc) is 2.69. The van der Waals surface area contributed by atoms with Crippen molar-refractivity contribution < 1.29 is 0 Å². The van der Waals surface area contributed by atoms with Crippen molar-refractivity contribution in [3.8, 4) is 0 Å². The van der Waals surface area contributed by atoms with E-state index in [2.05, 4.69) is 54.3 Å². The lowest BCUT2D eigenvalue weighted by Gasteiger charge is -2.17. The van der Waals surface area contributed by atoms with Crippen molar-refractivity contribution >= 4 is 16.6 Å². The lowest BCUT2D eigenvalue weighted by atomic mass is 10.2. The Balaban J connectivity index is 2.27. The number of nitrogens with zero attached hydrogens (tertiary/aromatic N) is 1. The molecule has 2 rings (SSSR count). The van der Waals surface area contributed by atoms with Gasteiger partial charge in [0.1, 0.15) is 0 Å². The second-order valence-electron chi connectivity index (χ2n) is 3.99. The molecule has 1 heterocycles. The van der Waals surface area contributed by atoms with Crippen molar-refractivity contribution in [2.45, 2.75) is 19.8 Å². The summed E-state index contributed by atoms with van der Waals surface area (Å²) in [5.41, 5.74) is 2.52. The van der Waals surface area contributed by atoms with Crippen molar-refractivity contribution in [2.75, 3.05) is 18.5 Å². The van der Waals surface area contributed by atoms with Crippen LogP contribution in [0.15, 0.2) is 30.5 Å². The molecule has 0 spiro atoms. The van der Waals surface area contributed by atoms with Gasteiger partial charge in [-0.15, -0.1) is 0 Å². The van der Waals surface area contributed by atoms with Crippen LogP contribution in [-0.2, 0) is 0 Å². The molecular weight excluding hydrogens is 184 g/mol. The number of aromatic nitrogens is 1. The van der Waals surface area contributed by atoms with Gasteiger partial charge in [-0.05, 0) is 12.5 Å². The highest BCUT2D eigenvalue weighted by molar-refractivity contribution is 5.92. The lowest BCUT2D eigenvalue weighted by Crippen LogP contribution is -2.17. The number of anilines is 1. The summed E-state index contributed by atoms with van der Waals surface area (Å²) in [5, 5.41) is 1.32. The number of para-hydroxylation sites is 1. The molecule has 2 heteroatoms. The molecule has 0 amide bonds. The van der Waals surface area contributed by atoms with Crippen LogP contribution >= 0.6 is 0 Å². The molecule has 2 nitrogen and oxygen atoms in total. The van der Waals surface area contributed by atoms with Crippen LogP contribution in [0.3, 0.4) is 0 Å². The first-order chi connectivity index (χ1) is 7.33. The molecule has 80 valence electrons. The molecule has 1 aromatic heterocycles. The first-order valence-electron chi connectivity index (χ1n) is 5.60. The third-order valence-corrected chi connectivity index (χ3v) is 2.83. The summed E-state index contributed by atoms with van der Waals surface area (Å²) in [5.74, 6) is 0. The third kappa shape index (κ3) is 1.99. The molecule has 0 aliphatic rings. The van der Waals surface area contributed by atoms with Crippen LogP contribution in [0.1, 0.15) is 19.8 Å². The van der Waals surface area contributed by atoms with Crippen LogP contribution in [0.4, 0.5) is 5.69 Å². The Kier molecular flexibility index (Phi) is 2.95. The number of aromatic amines is 1. The molecule has 0 atom stereocenters. The van der Waals surface area contributed by atoms with Gasteiger partial charge in [0.25, 0.3) is 0 Å². The fraction of sp³-hybridized carbons (Fsp3) is 0.385. The highest BCUT2D eigenvalue weighted by Crippen LogP contribution is 2.25. The van der Waals surface area contributed by atoms with E-state index in [9.17, 15) is 0 Å². The zero-order valence-electron chi connectivity index (χ0n) is 9.46. The average molecular weight is 202 g/mol. The Morgan fingerprint density at radius 3 is 2.87 bits per heavy atom. The monoisotopic (exact) mass is 202 g/mol. The smallest absolute Gasteiger partial charge is 0.0621 e. The maximum absolute atomic E-state index is 3.30. The first-order valence-corrected chi connectivity index (χ1v) is 5.60. The molecule has 1 N–H and O–H groups in total. The molecule has 0 fully saturated rings. The molecule has 0 saturated carbocycles. The SMILES string of the molecule is CCCCN(C)c1c[nH]c2ccccc12. The molecule has 0 aliphatic carbocycles. The fourth-order valence-corrected chi connectivity index (χ4v) is 1.89. The molecule has 0 saturated heterocycles. The highest BCUT2D eigenvalue weighted by Gasteiger charge is 2.06. The number of fused-ring (bicyclic) bond motifs is 1. The van der Waals surface area contributed by atoms with Gasteiger partial charge in [-0.3, -0.25) is 0 Å². The number of unbranched alkanes of at least 4 members (excludes halogenated alkanes) is 1. The normalized spacial score (nSPS) is 10.8. The summed E-state index contributed by atoms with van der Waals surface area (Å²) in [6.07, 6.45) is 4.59. The van der Waals surface area contributed by atoms with E-state index in [1.165, 1.54) is 29.4 Å². The molecule has 2 aromatic rings. The fourth-order valence-electron chi connectivity index (χ4n) is 1.89. The number of hydrogen-bond acceptors (Lipinski definition) is 1. The van der Waals surface area contributed by atoms with Crippen molar-refractivity contribution in [1.29, 1.82) is 0 Å². The summed E-state index contributed by atoms with van der Waals surface area (Å²) in [6.45, 7) is 3.35. The Bertz CT molecular complexity index is 431. The van der Waals surface area contributed by atoms with E-state index in [1.807, 2.05) is 0 Å². The van der Waals surface area contributed by atoms with E-state index in [0.717, 1.165) is 6.54 Å². The summed E-state index contributed by atoms with van der Waals surface area (Å²) >= 11 is 0. The Hall–Kier alpha value is -1.44. The van der Waals surface area contributed by atoms with Crippen LogP contribution in [0, 0.1) is 0 Å². The lowest BCUT2D eigenvalue weighted by molar-refractivity contribution is 0.768. The van der Waals surface area contributed by atoms with Crippen LogP contribution in [0.25, 0.3) is 10.9 Å². The van der Waals surface area contributed by atoms with Gasteiger partial charge in [0.15, 0.2) is 0 Å². The van der Waals surface area contributed by atoms with Crippen LogP contribution in [0.2, 0.25) is 0 Å². The molecule has 15 heavy (non-hydrogen) atoms. The van der Waals surface area contributed by atoms with Gasteiger partial charge >= 0.3 is 0 Å².